The second-order valence-corrected chi connectivity index (χ2v) is 6.33. The predicted octanol–water partition coefficient (Wildman–Crippen LogP) is 2.62. The molecular formula is C15H30N2O2. The predicted molar refractivity (Wildman–Crippen MR) is 77.5 cm³/mol. The molecular weight excluding hydrogens is 240 g/mol. The quantitative estimate of drug-likeness (QED) is 0.569. The molecule has 1 rings (SSSR count). The van der Waals surface area contributed by atoms with E-state index in [1.54, 1.807) is 14.2 Å². The summed E-state index contributed by atoms with van der Waals surface area (Å²) in [6, 6.07) is 0.552. The average Bonchev–Trinajstić information content (AvgIpc) is 2.39. The standard InChI is InChI=1S/C15H30N2O2/c1-15(2,3)16-12-17(11-14(18-4)19-5)13-9-7-6-8-10-13/h13-14,16H,6-11H2,1-5H3. The largest absolute Gasteiger partial charge is 0.355 e. The Morgan fingerprint density at radius 2 is 1.74 bits per heavy atom. The van der Waals surface area contributed by atoms with Crippen LogP contribution in [0.4, 0.5) is 0 Å². The van der Waals surface area contributed by atoms with E-state index in [0.29, 0.717) is 6.04 Å². The van der Waals surface area contributed by atoms with E-state index >= 15 is 0 Å². The first-order valence-corrected chi connectivity index (χ1v) is 7.31. The molecule has 0 aliphatic heterocycles. The van der Waals surface area contributed by atoms with Gasteiger partial charge in [-0.15, -0.1) is 0 Å². The van der Waals surface area contributed by atoms with E-state index in [2.05, 4.69) is 37.7 Å². The van der Waals surface area contributed by atoms with Crippen LogP contribution in [0.25, 0.3) is 0 Å². The molecule has 0 unspecified atom stereocenters. The maximum Gasteiger partial charge on any atom is 0.169 e. The number of methoxy groups -OCH3 is 2. The van der Waals surface area contributed by atoms with E-state index in [0.717, 1.165) is 6.54 Å². The van der Waals surface area contributed by atoms with Gasteiger partial charge in [0, 0.05) is 25.8 Å². The molecule has 2 radical (unpaired) electrons. The molecule has 0 aromatic carbocycles. The molecule has 4 nitrogen and oxygen atoms in total. The van der Waals surface area contributed by atoms with Crippen molar-refractivity contribution < 1.29 is 9.47 Å². The van der Waals surface area contributed by atoms with Gasteiger partial charge in [0.05, 0.1) is 6.54 Å². The van der Waals surface area contributed by atoms with Gasteiger partial charge in [0.1, 0.15) is 6.67 Å². The summed E-state index contributed by atoms with van der Waals surface area (Å²) in [5.74, 6) is 0. The third-order valence-electron chi connectivity index (χ3n) is 3.46. The Balaban J connectivity index is 2.55. The van der Waals surface area contributed by atoms with Gasteiger partial charge in [-0.3, -0.25) is 10.2 Å². The second kappa shape index (κ2) is 8.20. The fourth-order valence-electron chi connectivity index (χ4n) is 2.32. The molecule has 112 valence electrons. The van der Waals surface area contributed by atoms with Crippen LogP contribution in [0.15, 0.2) is 0 Å². The van der Waals surface area contributed by atoms with Gasteiger partial charge in [0.15, 0.2) is 6.29 Å². The normalized spacial score (nSPS) is 18.5. The van der Waals surface area contributed by atoms with Crippen molar-refractivity contribution >= 4 is 0 Å². The highest BCUT2D eigenvalue weighted by molar-refractivity contribution is 4.84. The summed E-state index contributed by atoms with van der Waals surface area (Å²) in [5.41, 5.74) is 0.0303. The fraction of sp³-hybridized carbons (Fsp3) is 0.933. The highest BCUT2D eigenvalue weighted by Gasteiger charge is 2.25. The van der Waals surface area contributed by atoms with Crippen molar-refractivity contribution in [2.24, 2.45) is 0 Å². The Hall–Kier alpha value is -0.160. The van der Waals surface area contributed by atoms with Gasteiger partial charge in [-0.2, -0.15) is 0 Å². The molecule has 0 atom stereocenters. The van der Waals surface area contributed by atoms with Crippen molar-refractivity contribution in [3.8, 4) is 0 Å². The van der Waals surface area contributed by atoms with Gasteiger partial charge < -0.3 is 9.47 Å². The minimum atomic E-state index is -0.198. The minimum Gasteiger partial charge on any atom is -0.355 e. The van der Waals surface area contributed by atoms with E-state index < -0.39 is 0 Å². The van der Waals surface area contributed by atoms with E-state index in [-0.39, 0.29) is 11.8 Å². The van der Waals surface area contributed by atoms with Crippen LogP contribution < -0.4 is 5.32 Å². The third-order valence-corrected chi connectivity index (χ3v) is 3.46. The number of hydrogen-bond acceptors (Lipinski definition) is 4. The van der Waals surface area contributed by atoms with E-state index in [1.165, 1.54) is 32.1 Å². The minimum absolute atomic E-state index is 0.0303. The number of rotatable bonds is 7. The highest BCUT2D eigenvalue weighted by atomic mass is 16.7. The molecule has 0 heterocycles. The zero-order valence-corrected chi connectivity index (χ0v) is 13.2. The summed E-state index contributed by atoms with van der Waals surface area (Å²) in [5, 5.41) is 3.34. The van der Waals surface area contributed by atoms with Gasteiger partial charge in [-0.1, -0.05) is 19.3 Å². The molecule has 0 spiro atoms. The molecule has 1 fully saturated rings. The van der Waals surface area contributed by atoms with Crippen molar-refractivity contribution in [2.45, 2.75) is 70.7 Å². The maximum atomic E-state index is 5.32. The van der Waals surface area contributed by atoms with E-state index in [1.807, 2.05) is 0 Å². The number of nitrogens with one attached hydrogen (secondary N) is 1. The van der Waals surface area contributed by atoms with Crippen LogP contribution in [0.3, 0.4) is 0 Å². The van der Waals surface area contributed by atoms with Crippen LogP contribution in [0.1, 0.15) is 52.9 Å². The first kappa shape index (κ1) is 16.9. The summed E-state index contributed by atoms with van der Waals surface area (Å²) in [6.07, 6.45) is 6.25. The van der Waals surface area contributed by atoms with Gasteiger partial charge in [0.2, 0.25) is 0 Å². The van der Waals surface area contributed by atoms with Crippen LogP contribution in [0, 0.1) is 6.67 Å². The Morgan fingerprint density at radius 3 is 2.21 bits per heavy atom. The molecule has 1 aliphatic rings. The number of ether oxygens (including phenoxy) is 2. The van der Waals surface area contributed by atoms with Crippen molar-refractivity contribution in [3.05, 3.63) is 6.67 Å². The third kappa shape index (κ3) is 6.70. The number of nitrogens with zero attached hydrogens (tertiary/aromatic N) is 1. The van der Waals surface area contributed by atoms with Crippen molar-refractivity contribution in [1.29, 1.82) is 0 Å². The lowest BCUT2D eigenvalue weighted by molar-refractivity contribution is -0.119. The monoisotopic (exact) mass is 270 g/mol. The van der Waals surface area contributed by atoms with Crippen LogP contribution in [-0.4, -0.2) is 43.5 Å². The Labute approximate surface area is 118 Å². The number of hydrogen-bond donors (Lipinski definition) is 1. The Morgan fingerprint density at radius 1 is 1.16 bits per heavy atom. The molecule has 0 amide bonds. The molecule has 19 heavy (non-hydrogen) atoms. The molecule has 1 N–H and O–H groups in total. The van der Waals surface area contributed by atoms with Gasteiger partial charge in [-0.05, 0) is 33.6 Å². The van der Waals surface area contributed by atoms with Crippen molar-refractivity contribution in [2.75, 3.05) is 20.8 Å². The summed E-state index contributed by atoms with van der Waals surface area (Å²) in [7, 11) is 3.37. The average molecular weight is 270 g/mol. The molecule has 0 aromatic heterocycles. The summed E-state index contributed by atoms with van der Waals surface area (Å²) < 4.78 is 10.6. The van der Waals surface area contributed by atoms with Gasteiger partial charge in [0.25, 0.3) is 0 Å². The SMILES string of the molecule is COC(CN([C]NC(C)(C)C)C1CCCCC1)OC. The maximum absolute atomic E-state index is 5.32. The first-order valence-electron chi connectivity index (χ1n) is 7.31. The molecule has 4 heteroatoms. The van der Waals surface area contributed by atoms with Crippen LogP contribution in [-0.2, 0) is 9.47 Å². The smallest absolute Gasteiger partial charge is 0.169 e. The van der Waals surface area contributed by atoms with E-state index in [9.17, 15) is 0 Å². The Bertz CT molecular complexity index is 231. The lowest BCUT2D eigenvalue weighted by Gasteiger charge is -2.36. The highest BCUT2D eigenvalue weighted by Crippen LogP contribution is 2.23. The zero-order valence-electron chi connectivity index (χ0n) is 13.2. The first-order chi connectivity index (χ1) is 8.96. The second-order valence-electron chi connectivity index (χ2n) is 6.33. The van der Waals surface area contributed by atoms with Gasteiger partial charge in [-0.25, -0.2) is 0 Å². The lowest BCUT2D eigenvalue weighted by atomic mass is 9.94. The molecule has 1 aliphatic carbocycles. The zero-order chi connectivity index (χ0) is 14.3. The summed E-state index contributed by atoms with van der Waals surface area (Å²) >= 11 is 0. The van der Waals surface area contributed by atoms with Crippen LogP contribution in [0.2, 0.25) is 0 Å². The molecule has 0 bridgehead atoms. The molecule has 0 aromatic rings. The van der Waals surface area contributed by atoms with E-state index in [4.69, 9.17) is 9.47 Å². The molecule has 1 saturated carbocycles. The van der Waals surface area contributed by atoms with Crippen LogP contribution >= 0.6 is 0 Å². The Kier molecular flexibility index (Phi) is 7.29. The fourth-order valence-corrected chi connectivity index (χ4v) is 2.32. The summed E-state index contributed by atoms with van der Waals surface area (Å²) in [6.45, 7) is 10.5. The summed E-state index contributed by atoms with van der Waals surface area (Å²) in [4.78, 5) is 2.24. The molecule has 0 saturated heterocycles. The van der Waals surface area contributed by atoms with Crippen molar-refractivity contribution in [3.63, 3.8) is 0 Å². The van der Waals surface area contributed by atoms with Crippen molar-refractivity contribution in [1.82, 2.24) is 10.2 Å². The topological polar surface area (TPSA) is 33.7 Å². The van der Waals surface area contributed by atoms with Gasteiger partial charge >= 0.3 is 0 Å². The van der Waals surface area contributed by atoms with Crippen LogP contribution in [0.5, 0.6) is 0 Å². The lowest BCUT2D eigenvalue weighted by Crippen LogP contribution is -2.47.